The number of carbonyl (C=O) groups is 6. The van der Waals surface area contributed by atoms with Gasteiger partial charge in [0.25, 0.3) is 11.8 Å². The molecule has 24 heteroatoms. The van der Waals surface area contributed by atoms with E-state index in [1.807, 2.05) is 58.0 Å². The first-order valence-electron chi connectivity index (χ1n) is 27.8. The fourth-order valence-corrected chi connectivity index (χ4v) is 9.83. The van der Waals surface area contributed by atoms with Gasteiger partial charge in [0.05, 0.1) is 107 Å². The summed E-state index contributed by atoms with van der Waals surface area (Å²) < 4.78 is 44.4. The van der Waals surface area contributed by atoms with Gasteiger partial charge in [0.2, 0.25) is 23.6 Å². The van der Waals surface area contributed by atoms with E-state index in [0.29, 0.717) is 30.9 Å². The predicted molar refractivity (Wildman–Crippen MR) is 300 cm³/mol. The molecule has 1 fully saturated rings. The summed E-state index contributed by atoms with van der Waals surface area (Å²) in [4.78, 5) is 91.4. The summed E-state index contributed by atoms with van der Waals surface area (Å²) in [5.74, 6) is -3.95. The number of halogens is 1. The summed E-state index contributed by atoms with van der Waals surface area (Å²) in [6.45, 7) is 13.1. The van der Waals surface area contributed by atoms with Crippen LogP contribution in [0.25, 0.3) is 11.3 Å². The minimum atomic E-state index is -0.867. The fraction of sp³-hybridized carbons (Fsp3) is 0.552. The van der Waals surface area contributed by atoms with Gasteiger partial charge in [-0.15, -0.1) is 0 Å². The van der Waals surface area contributed by atoms with Crippen molar-refractivity contribution in [2.75, 3.05) is 79.2 Å². The maximum absolute atomic E-state index is 14.4. The number of hydrogen-bond donors (Lipinski definition) is 6. The fourth-order valence-electron chi connectivity index (χ4n) is 9.83. The Hall–Kier alpha value is -7.43. The lowest BCUT2D eigenvalue weighted by molar-refractivity contribution is -0.137. The largest absolute Gasteiger partial charge is 0.467 e. The van der Waals surface area contributed by atoms with Crippen LogP contribution >= 0.6 is 0 Å². The zero-order valence-electron chi connectivity index (χ0n) is 48.2. The lowest BCUT2D eigenvalue weighted by Gasteiger charge is -2.34. The van der Waals surface area contributed by atoms with Crippen molar-refractivity contribution in [2.45, 2.75) is 117 Å². The molecule has 5 amide bonds. The summed E-state index contributed by atoms with van der Waals surface area (Å²) in [6, 6.07) is 13.4. The Bertz CT molecular complexity index is 2880. The smallest absolute Gasteiger partial charge is 0.258 e. The van der Waals surface area contributed by atoms with Crippen LogP contribution < -0.4 is 37.1 Å². The normalized spacial score (nSPS) is 18.0. The van der Waals surface area contributed by atoms with E-state index in [9.17, 15) is 38.4 Å². The molecule has 3 heterocycles. The van der Waals surface area contributed by atoms with Crippen molar-refractivity contribution in [1.82, 2.24) is 51.2 Å². The van der Waals surface area contributed by atoms with Gasteiger partial charge < -0.3 is 60.9 Å². The third-order valence-corrected chi connectivity index (χ3v) is 14.4. The van der Waals surface area contributed by atoms with E-state index in [-0.39, 0.29) is 155 Å². The van der Waals surface area contributed by atoms with Crippen molar-refractivity contribution >= 4 is 41.1 Å². The summed E-state index contributed by atoms with van der Waals surface area (Å²) in [5, 5.41) is 29.5. The zero-order chi connectivity index (χ0) is 59.5. The van der Waals surface area contributed by atoms with Crippen molar-refractivity contribution in [3.63, 3.8) is 0 Å². The van der Waals surface area contributed by atoms with Gasteiger partial charge >= 0.3 is 0 Å². The molecular formula is C58H79FN12O11. The van der Waals surface area contributed by atoms with Gasteiger partial charge in [-0.2, -0.15) is 10.4 Å². The molecular weight excluding hydrogens is 1060 g/mol. The first kappa shape index (κ1) is 63.7. The highest BCUT2D eigenvalue weighted by atomic mass is 19.1. The molecule has 2 bridgehead atoms. The maximum Gasteiger partial charge on any atom is 0.258 e. The van der Waals surface area contributed by atoms with Crippen molar-refractivity contribution in [2.24, 2.45) is 17.3 Å². The molecule has 0 radical (unpaired) electrons. The number of fused-ring (bicyclic) bond motifs is 5. The number of benzene rings is 2. The average molecular weight is 1140 g/mol. The van der Waals surface area contributed by atoms with E-state index in [1.165, 1.54) is 34.0 Å². The van der Waals surface area contributed by atoms with Crippen LogP contribution in [-0.2, 0) is 56.0 Å². The van der Waals surface area contributed by atoms with Gasteiger partial charge in [-0.25, -0.2) is 14.4 Å². The number of nitrogens with zero attached hydrogens (tertiary/aromatic N) is 6. The number of hydrogen-bond acceptors (Lipinski definition) is 17. The minimum absolute atomic E-state index is 0.0116. The molecule has 2 aliphatic rings. The Labute approximate surface area is 478 Å². The molecule has 6 rings (SSSR count). The Morgan fingerprint density at radius 1 is 0.915 bits per heavy atom. The Morgan fingerprint density at radius 2 is 1.55 bits per heavy atom. The first-order chi connectivity index (χ1) is 39.2. The average Bonchev–Trinajstić information content (AvgIpc) is 4.26. The Morgan fingerprint density at radius 3 is 2.17 bits per heavy atom. The van der Waals surface area contributed by atoms with Crippen molar-refractivity contribution in [3.8, 4) is 23.2 Å². The standard InChI is InChI=1S/C58H79FN12O11/c1-9-44(37-13-11-10-12-14-37)66-55(76)43-31-39(30-42(43)51(74)52(58(4,5)6)68-54(75)35(2)62-7)65-49(73)18-22-79-24-26-81-28-27-80-25-23-78-21-17-48(72)63-19-20-71-47-34-70(8)57(77)40-16-15-38(59)29-41(40)36(3)82-56-53(61)64-33-46(67-56)50(47)45(32-60)69-71/h10-16,29,33,35-36,39,42-44,52,62H,9,17-28,30-31,34H2,1-8H3,(H2,61,64)(H,63,72)(H,65,73)(H,66,76)(H,68,75)/t35-,36+,39?,42?,43+,44+,52+/m0/s1. The van der Waals surface area contributed by atoms with Crippen LogP contribution in [0.15, 0.2) is 54.7 Å². The maximum atomic E-state index is 14.4. The second-order valence-corrected chi connectivity index (χ2v) is 21.5. The van der Waals surface area contributed by atoms with Gasteiger partial charge in [0.15, 0.2) is 17.3 Å². The van der Waals surface area contributed by atoms with Crippen LogP contribution in [0.4, 0.5) is 10.2 Å². The van der Waals surface area contributed by atoms with Gasteiger partial charge in [0, 0.05) is 55.4 Å². The number of ketones is 1. The summed E-state index contributed by atoms with van der Waals surface area (Å²) >= 11 is 0. The van der Waals surface area contributed by atoms with Crippen LogP contribution in [0.5, 0.6) is 5.88 Å². The SMILES string of the molecule is CC[C@@H](NC(=O)[C@@H]1CC(NC(=O)CCOCCOCCOCCOCCC(=O)NCCn2nc(C#N)c3c2CN(C)C(=O)c2ccc(F)cc2[C@@H](C)Oc2nc-3cnc2N)CC1C(=O)[C@@H](NC(=O)[C@H](C)NC)C(C)(C)C)c1ccccc1. The molecule has 82 heavy (non-hydrogen) atoms. The van der Waals surface area contributed by atoms with Crippen LogP contribution in [0.1, 0.15) is 119 Å². The molecule has 2 aromatic carbocycles. The van der Waals surface area contributed by atoms with Gasteiger partial charge in [-0.3, -0.25) is 33.4 Å². The minimum Gasteiger partial charge on any atom is -0.467 e. The summed E-state index contributed by atoms with van der Waals surface area (Å²) in [5.41, 5.74) is 7.88. The van der Waals surface area contributed by atoms with Crippen molar-refractivity contribution in [1.29, 1.82) is 5.26 Å². The summed E-state index contributed by atoms with van der Waals surface area (Å²) in [7, 11) is 3.24. The number of anilines is 1. The van der Waals surface area contributed by atoms with Gasteiger partial charge in [-0.05, 0) is 69.3 Å². The molecule has 7 N–H and O–H groups in total. The highest BCUT2D eigenvalue weighted by Crippen LogP contribution is 2.38. The lowest BCUT2D eigenvalue weighted by atomic mass is 9.77. The predicted octanol–water partition coefficient (Wildman–Crippen LogP) is 4.11. The van der Waals surface area contributed by atoms with Gasteiger partial charge in [-0.1, -0.05) is 58.0 Å². The quantitative estimate of drug-likeness (QED) is 0.0436. The molecule has 1 aliphatic heterocycles. The lowest BCUT2D eigenvalue weighted by Crippen LogP contribution is -2.55. The number of rotatable bonds is 28. The number of carbonyl (C=O) groups excluding carboxylic acids is 6. The molecule has 1 saturated carbocycles. The van der Waals surface area contributed by atoms with Crippen LogP contribution in [-0.4, -0.2) is 152 Å². The number of Topliss-reactive ketones (excluding diaryl/α,β-unsaturated/α-hetero) is 1. The Kier molecular flexibility index (Phi) is 23.8. The molecule has 4 aromatic rings. The molecule has 0 saturated heterocycles. The highest BCUT2D eigenvalue weighted by molar-refractivity contribution is 5.97. The number of nitrogen functional groups attached to an aromatic ring is 1. The van der Waals surface area contributed by atoms with Crippen LogP contribution in [0.3, 0.4) is 0 Å². The van der Waals surface area contributed by atoms with Crippen LogP contribution in [0, 0.1) is 34.4 Å². The van der Waals surface area contributed by atoms with E-state index >= 15 is 0 Å². The highest BCUT2D eigenvalue weighted by Gasteiger charge is 2.48. The number of nitrogens with two attached hydrogens (primary N) is 1. The molecule has 7 atom stereocenters. The van der Waals surface area contributed by atoms with E-state index < -0.39 is 53.2 Å². The molecule has 2 aromatic heterocycles. The Balaban J connectivity index is 0.865. The number of nitriles is 1. The topological polar surface area (TPSA) is 305 Å². The third kappa shape index (κ3) is 17.5. The summed E-state index contributed by atoms with van der Waals surface area (Å²) in [6.07, 6.45) is 1.82. The second-order valence-electron chi connectivity index (χ2n) is 21.5. The van der Waals surface area contributed by atoms with E-state index in [0.717, 1.165) is 5.56 Å². The van der Waals surface area contributed by atoms with Crippen molar-refractivity contribution in [3.05, 3.63) is 88.6 Å². The number of likely N-dealkylation sites (N-methyl/N-ethyl adjacent to an activating group) is 1. The first-order valence-corrected chi connectivity index (χ1v) is 27.8. The second kappa shape index (κ2) is 30.6. The molecule has 2 unspecified atom stereocenters. The molecule has 23 nitrogen and oxygen atoms in total. The third-order valence-electron chi connectivity index (χ3n) is 14.4. The number of amides is 5. The molecule has 0 spiro atoms. The molecule has 444 valence electrons. The monoisotopic (exact) mass is 1140 g/mol. The number of aromatic nitrogens is 4. The van der Waals surface area contributed by atoms with E-state index in [4.69, 9.17) is 29.4 Å². The number of ether oxygens (including phenoxy) is 5. The van der Waals surface area contributed by atoms with Gasteiger partial charge in [0.1, 0.15) is 18.0 Å². The van der Waals surface area contributed by atoms with Crippen molar-refractivity contribution < 1.29 is 56.8 Å². The zero-order valence-corrected chi connectivity index (χ0v) is 48.2. The van der Waals surface area contributed by atoms with E-state index in [1.54, 1.807) is 27.9 Å². The van der Waals surface area contributed by atoms with E-state index in [2.05, 4.69) is 47.7 Å². The van der Waals surface area contributed by atoms with Crippen LogP contribution in [0.2, 0.25) is 0 Å². The molecule has 1 aliphatic carbocycles. The number of nitrogens with one attached hydrogen (secondary N) is 5.